The Bertz CT molecular complexity index is 271. The smallest absolute Gasteiger partial charge is 0.0136 e. The Kier molecular flexibility index (Phi) is 10.9. The highest BCUT2D eigenvalue weighted by Gasteiger charge is 2.34. The normalized spacial score (nSPS) is 31.3. The molecular weight excluding hydrogens is 329 g/mol. The maximum atomic E-state index is 2.80. The molecule has 0 aromatic carbocycles. The number of nitrogens with zero attached hydrogens (tertiary/aromatic N) is 3. The van der Waals surface area contributed by atoms with E-state index >= 15 is 0 Å². The molecule has 0 radical (unpaired) electrons. The molecule has 128 valence electrons. The van der Waals surface area contributed by atoms with E-state index < -0.39 is 0 Å². The van der Waals surface area contributed by atoms with Crippen molar-refractivity contribution in [3.8, 4) is 0 Å². The maximum absolute atomic E-state index is 2.80. The molecule has 3 nitrogen and oxygen atoms in total. The fraction of sp³-hybridized carbons (Fsp3) is 1.00. The summed E-state index contributed by atoms with van der Waals surface area (Å²) in [6.07, 6.45) is 7.30. The van der Waals surface area contributed by atoms with Gasteiger partial charge in [0, 0.05) is 38.8 Å². The summed E-state index contributed by atoms with van der Waals surface area (Å²) in [5.74, 6) is 0.961. The molecule has 2 atom stereocenters. The molecule has 3 saturated heterocycles. The molecular formula is C15H32Cl3N3. The van der Waals surface area contributed by atoms with Crippen molar-refractivity contribution >= 4 is 37.2 Å². The highest BCUT2D eigenvalue weighted by Crippen LogP contribution is 2.31. The monoisotopic (exact) mass is 359 g/mol. The van der Waals surface area contributed by atoms with Crippen LogP contribution < -0.4 is 0 Å². The van der Waals surface area contributed by atoms with Crippen molar-refractivity contribution in [2.45, 2.75) is 38.1 Å². The largest absolute Gasteiger partial charge is 0.304 e. The van der Waals surface area contributed by atoms with E-state index in [4.69, 9.17) is 0 Å². The standard InChI is InChI=1S/C15H29N3.3ClH/c1-16-9-11-17(12-10-16)13-14-5-4-8-18-7-3-2-6-15(14)18;;;/h14-15H,2-13H2,1H3;3*1H. The first kappa shape index (κ1) is 21.8. The van der Waals surface area contributed by atoms with Crippen molar-refractivity contribution in [3.63, 3.8) is 0 Å². The van der Waals surface area contributed by atoms with Crippen LogP contribution in [0.15, 0.2) is 0 Å². The van der Waals surface area contributed by atoms with E-state index in [9.17, 15) is 0 Å². The number of piperazine rings is 1. The van der Waals surface area contributed by atoms with Gasteiger partial charge in [-0.3, -0.25) is 0 Å². The Hall–Kier alpha value is 0.750. The van der Waals surface area contributed by atoms with Crippen molar-refractivity contribution in [3.05, 3.63) is 0 Å². The van der Waals surface area contributed by atoms with E-state index in [1.807, 2.05) is 0 Å². The molecule has 0 aromatic rings. The lowest BCUT2D eigenvalue weighted by molar-refractivity contribution is 0.0314. The summed E-state index contributed by atoms with van der Waals surface area (Å²) in [6, 6.07) is 0.923. The minimum absolute atomic E-state index is 0. The van der Waals surface area contributed by atoms with E-state index in [1.54, 1.807) is 0 Å². The Morgan fingerprint density at radius 3 is 2.14 bits per heavy atom. The predicted molar refractivity (Wildman–Crippen MR) is 97.6 cm³/mol. The van der Waals surface area contributed by atoms with Crippen LogP contribution in [0.2, 0.25) is 0 Å². The lowest BCUT2D eigenvalue weighted by Crippen LogP contribution is -2.53. The van der Waals surface area contributed by atoms with Gasteiger partial charge in [-0.05, 0) is 51.7 Å². The van der Waals surface area contributed by atoms with Gasteiger partial charge in [-0.25, -0.2) is 0 Å². The molecule has 0 aromatic heterocycles. The van der Waals surface area contributed by atoms with Crippen molar-refractivity contribution in [1.82, 2.24) is 14.7 Å². The molecule has 3 aliphatic rings. The Balaban J connectivity index is 0.00000133. The van der Waals surface area contributed by atoms with Gasteiger partial charge in [0.15, 0.2) is 0 Å². The average Bonchev–Trinajstić information content (AvgIpc) is 2.42. The summed E-state index contributed by atoms with van der Waals surface area (Å²) in [7, 11) is 2.25. The zero-order chi connectivity index (χ0) is 12.4. The van der Waals surface area contributed by atoms with Crippen LogP contribution in [0.5, 0.6) is 0 Å². The van der Waals surface area contributed by atoms with Crippen LogP contribution in [-0.4, -0.2) is 73.6 Å². The van der Waals surface area contributed by atoms with Gasteiger partial charge in [-0.2, -0.15) is 0 Å². The highest BCUT2D eigenvalue weighted by molar-refractivity contribution is 5.86. The van der Waals surface area contributed by atoms with Gasteiger partial charge >= 0.3 is 0 Å². The molecule has 0 aliphatic carbocycles. The first-order chi connectivity index (χ1) is 8.83. The lowest BCUT2D eigenvalue weighted by Gasteiger charge is -2.46. The van der Waals surface area contributed by atoms with E-state index in [0.717, 1.165) is 12.0 Å². The predicted octanol–water partition coefficient (Wildman–Crippen LogP) is 2.76. The fourth-order valence-corrected chi connectivity index (χ4v) is 4.15. The summed E-state index contributed by atoms with van der Waals surface area (Å²) in [5, 5.41) is 0. The number of likely N-dealkylation sites (N-methyl/N-ethyl adjacent to an activating group) is 1. The zero-order valence-electron chi connectivity index (χ0n) is 13.2. The van der Waals surface area contributed by atoms with E-state index in [1.165, 1.54) is 77.9 Å². The van der Waals surface area contributed by atoms with Gasteiger partial charge in [-0.1, -0.05) is 6.42 Å². The van der Waals surface area contributed by atoms with E-state index in [2.05, 4.69) is 21.7 Å². The Morgan fingerprint density at radius 2 is 1.43 bits per heavy atom. The van der Waals surface area contributed by atoms with Crippen LogP contribution in [0.25, 0.3) is 0 Å². The summed E-state index contributed by atoms with van der Waals surface area (Å²) in [4.78, 5) is 7.99. The zero-order valence-corrected chi connectivity index (χ0v) is 15.7. The van der Waals surface area contributed by atoms with Crippen LogP contribution in [0, 0.1) is 5.92 Å². The minimum Gasteiger partial charge on any atom is -0.304 e. The molecule has 3 fully saturated rings. The van der Waals surface area contributed by atoms with Crippen LogP contribution in [0.4, 0.5) is 0 Å². The molecule has 3 heterocycles. The van der Waals surface area contributed by atoms with Gasteiger partial charge < -0.3 is 14.7 Å². The topological polar surface area (TPSA) is 9.72 Å². The maximum Gasteiger partial charge on any atom is 0.0136 e. The molecule has 21 heavy (non-hydrogen) atoms. The van der Waals surface area contributed by atoms with Gasteiger partial charge in [0.1, 0.15) is 0 Å². The van der Waals surface area contributed by atoms with Gasteiger partial charge in [0.05, 0.1) is 0 Å². The Morgan fingerprint density at radius 1 is 0.762 bits per heavy atom. The number of fused-ring (bicyclic) bond motifs is 1. The number of halogens is 3. The summed E-state index contributed by atoms with van der Waals surface area (Å²) >= 11 is 0. The third-order valence-corrected chi connectivity index (χ3v) is 5.32. The second-order valence-corrected chi connectivity index (χ2v) is 6.61. The second kappa shape index (κ2) is 10.5. The Labute approximate surface area is 149 Å². The number of piperidine rings is 2. The molecule has 0 spiro atoms. The molecule has 0 bridgehead atoms. The fourth-order valence-electron chi connectivity index (χ4n) is 4.15. The molecule has 3 rings (SSSR count). The summed E-state index contributed by atoms with van der Waals surface area (Å²) < 4.78 is 0. The van der Waals surface area contributed by atoms with Crippen LogP contribution in [-0.2, 0) is 0 Å². The minimum atomic E-state index is 0. The molecule has 0 amide bonds. The third-order valence-electron chi connectivity index (χ3n) is 5.32. The molecule has 0 saturated carbocycles. The highest BCUT2D eigenvalue weighted by atomic mass is 35.5. The molecule has 3 aliphatic heterocycles. The quantitative estimate of drug-likeness (QED) is 0.749. The van der Waals surface area contributed by atoms with Crippen molar-refractivity contribution in [1.29, 1.82) is 0 Å². The van der Waals surface area contributed by atoms with Gasteiger partial charge in [-0.15, -0.1) is 37.2 Å². The average molecular weight is 361 g/mol. The van der Waals surface area contributed by atoms with E-state index in [0.29, 0.717) is 0 Å². The van der Waals surface area contributed by atoms with Gasteiger partial charge in [0.25, 0.3) is 0 Å². The van der Waals surface area contributed by atoms with Crippen LogP contribution >= 0.6 is 37.2 Å². The van der Waals surface area contributed by atoms with E-state index in [-0.39, 0.29) is 37.2 Å². The second-order valence-electron chi connectivity index (χ2n) is 6.61. The molecule has 2 unspecified atom stereocenters. The van der Waals surface area contributed by atoms with Crippen molar-refractivity contribution in [2.75, 3.05) is 52.9 Å². The van der Waals surface area contributed by atoms with Crippen molar-refractivity contribution in [2.24, 2.45) is 5.92 Å². The number of rotatable bonds is 2. The number of hydrogen-bond donors (Lipinski definition) is 0. The first-order valence-electron chi connectivity index (χ1n) is 7.98. The van der Waals surface area contributed by atoms with Crippen LogP contribution in [0.3, 0.4) is 0 Å². The van der Waals surface area contributed by atoms with Crippen molar-refractivity contribution < 1.29 is 0 Å². The first-order valence-corrected chi connectivity index (χ1v) is 7.98. The lowest BCUT2D eigenvalue weighted by atomic mass is 9.83. The van der Waals surface area contributed by atoms with Crippen LogP contribution in [0.1, 0.15) is 32.1 Å². The van der Waals surface area contributed by atoms with Gasteiger partial charge in [0.2, 0.25) is 0 Å². The SMILES string of the molecule is CN1CCN(CC2CCCN3CCCCC23)CC1.Cl.Cl.Cl. The number of hydrogen-bond acceptors (Lipinski definition) is 3. The molecule has 6 heteroatoms. The molecule has 0 N–H and O–H groups in total. The summed E-state index contributed by atoms with van der Waals surface area (Å²) in [5.41, 5.74) is 0. The summed E-state index contributed by atoms with van der Waals surface area (Å²) in [6.45, 7) is 9.24. The third kappa shape index (κ3) is 5.71.